The molecule has 0 spiro atoms. The second kappa shape index (κ2) is 10.9. The van der Waals surface area contributed by atoms with Crippen LogP contribution in [0, 0.1) is 12.8 Å². The first-order chi connectivity index (χ1) is 17.4. The predicted octanol–water partition coefficient (Wildman–Crippen LogP) is 4.00. The van der Waals surface area contributed by atoms with Gasteiger partial charge in [-0.25, -0.2) is 4.79 Å². The van der Waals surface area contributed by atoms with E-state index in [0.29, 0.717) is 16.9 Å². The molecular weight excluding hydrogens is 462 g/mol. The zero-order valence-corrected chi connectivity index (χ0v) is 19.9. The molecule has 8 heteroatoms. The molecule has 1 aliphatic heterocycles. The molecule has 1 atom stereocenters. The van der Waals surface area contributed by atoms with E-state index in [9.17, 15) is 19.2 Å². The molecule has 8 nitrogen and oxygen atoms in total. The number of benzene rings is 3. The third kappa shape index (κ3) is 5.60. The standard InChI is InChI=1S/C28H25NO7/c1-18-6-3-4-9-24(18)29-16-21(15-26(29)31)27(32)35-17-25(30)19-10-12-22(13-11-19)36-28(33)20-7-5-8-23(14-20)34-2/h3-14,21H,15-17H2,1-2H3/t21-/m1/s1. The minimum atomic E-state index is -0.636. The van der Waals surface area contributed by atoms with Gasteiger partial charge in [0, 0.05) is 24.2 Å². The number of carbonyl (C=O) groups is 4. The van der Waals surface area contributed by atoms with Crippen molar-refractivity contribution in [3.05, 3.63) is 89.5 Å². The number of carbonyl (C=O) groups excluding carboxylic acids is 4. The number of esters is 2. The van der Waals surface area contributed by atoms with Crippen molar-refractivity contribution in [3.63, 3.8) is 0 Å². The summed E-state index contributed by atoms with van der Waals surface area (Å²) in [5, 5.41) is 0. The fourth-order valence-corrected chi connectivity index (χ4v) is 3.93. The Morgan fingerprint density at radius 1 is 0.917 bits per heavy atom. The lowest BCUT2D eigenvalue weighted by Crippen LogP contribution is -2.27. The lowest BCUT2D eigenvalue weighted by molar-refractivity contribution is -0.147. The Morgan fingerprint density at radius 2 is 1.67 bits per heavy atom. The van der Waals surface area contributed by atoms with E-state index in [1.807, 2.05) is 31.2 Å². The SMILES string of the molecule is COc1cccc(C(=O)Oc2ccc(C(=O)COC(=O)[C@@H]3CC(=O)N(c4ccccc4C)C3)cc2)c1. The first-order valence-corrected chi connectivity index (χ1v) is 11.4. The van der Waals surface area contributed by atoms with Gasteiger partial charge in [-0.05, 0) is 61.0 Å². The molecule has 3 aromatic carbocycles. The summed E-state index contributed by atoms with van der Waals surface area (Å²) in [6.07, 6.45) is 0.0364. The number of hydrogen-bond acceptors (Lipinski definition) is 7. The summed E-state index contributed by atoms with van der Waals surface area (Å²) in [7, 11) is 1.50. The zero-order valence-electron chi connectivity index (χ0n) is 19.9. The van der Waals surface area contributed by atoms with E-state index in [1.165, 1.54) is 31.4 Å². The number of nitrogens with zero attached hydrogens (tertiary/aromatic N) is 1. The average Bonchev–Trinajstić information content (AvgIpc) is 3.29. The molecule has 0 aromatic heterocycles. The molecule has 1 amide bonds. The Balaban J connectivity index is 1.30. The van der Waals surface area contributed by atoms with Crippen molar-refractivity contribution in [1.29, 1.82) is 0 Å². The summed E-state index contributed by atoms with van der Waals surface area (Å²) in [6.45, 7) is 1.67. The number of ketones is 1. The Labute approximate surface area is 208 Å². The molecule has 1 aliphatic rings. The van der Waals surface area contributed by atoms with Crippen molar-refractivity contribution < 1.29 is 33.4 Å². The number of ether oxygens (including phenoxy) is 3. The van der Waals surface area contributed by atoms with E-state index in [1.54, 1.807) is 29.2 Å². The average molecular weight is 488 g/mol. The van der Waals surface area contributed by atoms with E-state index in [4.69, 9.17) is 14.2 Å². The van der Waals surface area contributed by atoms with E-state index in [2.05, 4.69) is 0 Å². The van der Waals surface area contributed by atoms with E-state index in [-0.39, 0.29) is 24.6 Å². The van der Waals surface area contributed by atoms with Crippen LogP contribution in [0.3, 0.4) is 0 Å². The molecule has 36 heavy (non-hydrogen) atoms. The van der Waals surface area contributed by atoms with Gasteiger partial charge in [0.1, 0.15) is 11.5 Å². The van der Waals surface area contributed by atoms with Gasteiger partial charge >= 0.3 is 11.9 Å². The Hall–Kier alpha value is -4.46. The predicted molar refractivity (Wildman–Crippen MR) is 131 cm³/mol. The second-order valence-corrected chi connectivity index (χ2v) is 8.37. The Morgan fingerprint density at radius 3 is 2.39 bits per heavy atom. The molecular formula is C28H25NO7. The number of rotatable bonds is 8. The molecule has 3 aromatic rings. The first-order valence-electron chi connectivity index (χ1n) is 11.4. The fraction of sp³-hybridized carbons (Fsp3) is 0.214. The van der Waals surface area contributed by atoms with Crippen LogP contribution in [0.4, 0.5) is 5.69 Å². The molecule has 0 radical (unpaired) electrons. The number of amides is 1. The highest BCUT2D eigenvalue weighted by Gasteiger charge is 2.36. The van der Waals surface area contributed by atoms with Gasteiger partial charge in [0.05, 0.1) is 18.6 Å². The summed E-state index contributed by atoms with van der Waals surface area (Å²) in [5.41, 5.74) is 2.33. The van der Waals surface area contributed by atoms with Crippen LogP contribution in [0.25, 0.3) is 0 Å². The number of para-hydroxylation sites is 1. The zero-order chi connectivity index (χ0) is 25.7. The molecule has 1 saturated heterocycles. The summed E-state index contributed by atoms with van der Waals surface area (Å²) in [4.78, 5) is 51.4. The van der Waals surface area contributed by atoms with Crippen molar-refractivity contribution in [2.45, 2.75) is 13.3 Å². The van der Waals surface area contributed by atoms with E-state index < -0.39 is 30.2 Å². The number of aryl methyl sites for hydroxylation is 1. The van der Waals surface area contributed by atoms with Crippen LogP contribution in [-0.4, -0.2) is 43.9 Å². The van der Waals surface area contributed by atoms with Gasteiger partial charge in [0.15, 0.2) is 12.4 Å². The maximum atomic E-state index is 12.5. The lowest BCUT2D eigenvalue weighted by atomic mass is 10.1. The van der Waals surface area contributed by atoms with Crippen LogP contribution < -0.4 is 14.4 Å². The number of methoxy groups -OCH3 is 1. The van der Waals surface area contributed by atoms with Crippen LogP contribution in [-0.2, 0) is 14.3 Å². The maximum Gasteiger partial charge on any atom is 0.343 e. The van der Waals surface area contributed by atoms with Crippen LogP contribution in [0.5, 0.6) is 11.5 Å². The van der Waals surface area contributed by atoms with Gasteiger partial charge in [-0.1, -0.05) is 24.3 Å². The molecule has 4 rings (SSSR count). The van der Waals surface area contributed by atoms with Crippen molar-refractivity contribution in [3.8, 4) is 11.5 Å². The summed E-state index contributed by atoms with van der Waals surface area (Å²) < 4.78 is 15.7. The monoisotopic (exact) mass is 487 g/mol. The van der Waals surface area contributed by atoms with E-state index >= 15 is 0 Å². The third-order valence-electron chi connectivity index (χ3n) is 5.90. The van der Waals surface area contributed by atoms with Crippen molar-refractivity contribution >= 4 is 29.3 Å². The highest BCUT2D eigenvalue weighted by Crippen LogP contribution is 2.28. The van der Waals surface area contributed by atoms with Gasteiger partial charge in [-0.2, -0.15) is 0 Å². The fourth-order valence-electron chi connectivity index (χ4n) is 3.93. The molecule has 1 heterocycles. The number of hydrogen-bond donors (Lipinski definition) is 0. The van der Waals surface area contributed by atoms with E-state index in [0.717, 1.165) is 11.3 Å². The first kappa shape index (κ1) is 24.7. The summed E-state index contributed by atoms with van der Waals surface area (Å²) >= 11 is 0. The number of Topliss-reactive ketones (excluding diaryl/α,β-unsaturated/α-hetero) is 1. The Kier molecular flexibility index (Phi) is 7.44. The van der Waals surface area contributed by atoms with Crippen LogP contribution >= 0.6 is 0 Å². The smallest absolute Gasteiger partial charge is 0.343 e. The molecule has 0 aliphatic carbocycles. The summed E-state index contributed by atoms with van der Waals surface area (Å²) in [5.74, 6) is -1.56. The molecule has 0 bridgehead atoms. The van der Waals surface area contributed by atoms with Gasteiger partial charge < -0.3 is 19.1 Å². The third-order valence-corrected chi connectivity index (χ3v) is 5.90. The van der Waals surface area contributed by atoms with Crippen LogP contribution in [0.15, 0.2) is 72.8 Å². The molecule has 0 saturated carbocycles. The Bertz CT molecular complexity index is 1300. The minimum Gasteiger partial charge on any atom is -0.497 e. The summed E-state index contributed by atoms with van der Waals surface area (Å²) in [6, 6.07) is 20.0. The van der Waals surface area contributed by atoms with Crippen LogP contribution in [0.2, 0.25) is 0 Å². The largest absolute Gasteiger partial charge is 0.497 e. The van der Waals surface area contributed by atoms with Crippen molar-refractivity contribution in [2.75, 3.05) is 25.2 Å². The normalized spacial score (nSPS) is 14.9. The quantitative estimate of drug-likeness (QED) is 0.269. The maximum absolute atomic E-state index is 12.5. The van der Waals surface area contributed by atoms with Crippen molar-refractivity contribution in [1.82, 2.24) is 0 Å². The van der Waals surface area contributed by atoms with Crippen LogP contribution in [0.1, 0.15) is 32.7 Å². The molecule has 0 N–H and O–H groups in total. The lowest BCUT2D eigenvalue weighted by Gasteiger charge is -2.18. The molecule has 1 fully saturated rings. The molecule has 184 valence electrons. The van der Waals surface area contributed by atoms with Crippen molar-refractivity contribution in [2.24, 2.45) is 5.92 Å². The van der Waals surface area contributed by atoms with Gasteiger partial charge in [0.2, 0.25) is 5.91 Å². The highest BCUT2D eigenvalue weighted by atomic mass is 16.5. The highest BCUT2D eigenvalue weighted by molar-refractivity contribution is 6.01. The molecule has 0 unspecified atom stereocenters. The second-order valence-electron chi connectivity index (χ2n) is 8.37. The number of anilines is 1. The van der Waals surface area contributed by atoms with Gasteiger partial charge in [-0.3, -0.25) is 14.4 Å². The van der Waals surface area contributed by atoms with Gasteiger partial charge in [-0.15, -0.1) is 0 Å². The van der Waals surface area contributed by atoms with Gasteiger partial charge in [0.25, 0.3) is 0 Å². The topological polar surface area (TPSA) is 99.2 Å². The minimum absolute atomic E-state index is 0.0364.